The second kappa shape index (κ2) is 10.8. The molecule has 3 aromatic carbocycles. The first kappa shape index (κ1) is 29.6. The fraction of sp³-hybridized carbons (Fsp3) is 0.321. The minimum atomic E-state index is -1.82. The molecule has 0 aliphatic rings. The Bertz CT molecular complexity index is 1280. The molecule has 3 nitrogen and oxygen atoms in total. The van der Waals surface area contributed by atoms with Gasteiger partial charge in [-0.1, -0.05) is 59.7 Å². The van der Waals surface area contributed by atoms with Crippen LogP contribution in [0.25, 0.3) is 0 Å². The first-order chi connectivity index (χ1) is 16.1. The van der Waals surface area contributed by atoms with E-state index in [2.05, 4.69) is 25.8 Å². The van der Waals surface area contributed by atoms with E-state index in [0.29, 0.717) is 5.56 Å². The van der Waals surface area contributed by atoms with Crippen LogP contribution in [-0.2, 0) is 32.5 Å². The minimum Gasteiger partial charge on any atom is -0.507 e. The third-order valence-electron chi connectivity index (χ3n) is 5.68. The number of hydrogen-bond donors (Lipinski definition) is 1. The molecule has 0 saturated heterocycles. The third kappa shape index (κ3) is 6.01. The molecule has 0 aliphatic heterocycles. The van der Waals surface area contributed by atoms with Gasteiger partial charge < -0.3 is 9.84 Å². The van der Waals surface area contributed by atoms with Gasteiger partial charge in [-0.3, -0.25) is 4.99 Å². The number of benzene rings is 3. The molecule has 36 heavy (non-hydrogen) atoms. The van der Waals surface area contributed by atoms with Crippen LogP contribution in [-0.4, -0.2) is 11.3 Å². The van der Waals surface area contributed by atoms with Crippen molar-refractivity contribution in [3.8, 4) is 17.2 Å². The average Bonchev–Trinajstić information content (AvgIpc) is 2.77. The summed E-state index contributed by atoms with van der Waals surface area (Å²) < 4.78 is 61.6. The fourth-order valence-corrected chi connectivity index (χ4v) is 3.47. The number of rotatable bonds is 4. The van der Waals surface area contributed by atoms with E-state index in [4.69, 9.17) is 4.74 Å². The van der Waals surface area contributed by atoms with Gasteiger partial charge in [0.15, 0.2) is 23.2 Å². The summed E-state index contributed by atoms with van der Waals surface area (Å²) in [5.41, 5.74) is 1.14. The summed E-state index contributed by atoms with van der Waals surface area (Å²) in [6.07, 6.45) is 1.44. The molecule has 0 bridgehead atoms. The summed E-state index contributed by atoms with van der Waals surface area (Å²) in [6.45, 7) is 13.1. The van der Waals surface area contributed by atoms with E-state index in [1.165, 1.54) is 18.3 Å². The second-order valence-electron chi connectivity index (χ2n) is 10.5. The van der Waals surface area contributed by atoms with Crippen LogP contribution in [0.15, 0.2) is 41.4 Å². The van der Waals surface area contributed by atoms with Crippen molar-refractivity contribution in [1.82, 2.24) is 0 Å². The van der Waals surface area contributed by atoms with E-state index >= 15 is 0 Å². The van der Waals surface area contributed by atoms with Crippen molar-refractivity contribution >= 4 is 11.9 Å². The SMILES string of the molecule is Cc1c(F)c(F)c(F)c(Oc2ccccc2N=Cc2cc(C(C)(C)C)cc(C(C)(C)C)c2O)c1F.[Ti]. The molecule has 0 aliphatic carbocycles. The van der Waals surface area contributed by atoms with Crippen LogP contribution in [0.2, 0.25) is 0 Å². The largest absolute Gasteiger partial charge is 0.507 e. The van der Waals surface area contributed by atoms with Crippen molar-refractivity contribution in [3.05, 3.63) is 81.9 Å². The average molecular weight is 535 g/mol. The molecule has 8 heteroatoms. The van der Waals surface area contributed by atoms with Crippen LogP contribution in [0.3, 0.4) is 0 Å². The van der Waals surface area contributed by atoms with Crippen molar-refractivity contribution < 1.29 is 49.1 Å². The van der Waals surface area contributed by atoms with E-state index in [9.17, 15) is 22.7 Å². The van der Waals surface area contributed by atoms with E-state index in [1.807, 2.05) is 32.9 Å². The molecule has 0 amide bonds. The topological polar surface area (TPSA) is 41.8 Å². The Labute approximate surface area is 224 Å². The Morgan fingerprint density at radius 2 is 1.44 bits per heavy atom. The second-order valence-corrected chi connectivity index (χ2v) is 10.5. The van der Waals surface area contributed by atoms with Crippen LogP contribution >= 0.6 is 0 Å². The van der Waals surface area contributed by atoms with Crippen LogP contribution in [0.5, 0.6) is 17.2 Å². The predicted molar refractivity (Wildman–Crippen MR) is 130 cm³/mol. The summed E-state index contributed by atoms with van der Waals surface area (Å²) >= 11 is 0. The van der Waals surface area contributed by atoms with Gasteiger partial charge in [0.1, 0.15) is 11.4 Å². The number of para-hydroxylation sites is 2. The molecular weight excluding hydrogens is 506 g/mol. The van der Waals surface area contributed by atoms with E-state index in [0.717, 1.165) is 18.1 Å². The van der Waals surface area contributed by atoms with Gasteiger partial charge in [-0.25, -0.2) is 13.2 Å². The van der Waals surface area contributed by atoms with Gasteiger partial charge in [0, 0.05) is 44.6 Å². The Morgan fingerprint density at radius 3 is 2.03 bits per heavy atom. The van der Waals surface area contributed by atoms with E-state index in [1.54, 1.807) is 12.1 Å². The molecule has 0 unspecified atom stereocenters. The summed E-state index contributed by atoms with van der Waals surface area (Å²) in [5, 5.41) is 11.0. The Morgan fingerprint density at radius 1 is 0.833 bits per heavy atom. The van der Waals surface area contributed by atoms with Gasteiger partial charge in [0.2, 0.25) is 11.6 Å². The number of ether oxygens (including phenoxy) is 1. The molecule has 190 valence electrons. The Kier molecular flexibility index (Phi) is 8.86. The zero-order valence-electron chi connectivity index (χ0n) is 21.4. The van der Waals surface area contributed by atoms with Gasteiger partial charge in [0.25, 0.3) is 0 Å². The molecule has 3 aromatic rings. The quantitative estimate of drug-likeness (QED) is 0.120. The molecule has 0 aromatic heterocycles. The number of aliphatic imine (C=N–C) groups is 1. The van der Waals surface area contributed by atoms with E-state index < -0.39 is 34.6 Å². The van der Waals surface area contributed by atoms with Crippen LogP contribution < -0.4 is 4.74 Å². The van der Waals surface area contributed by atoms with Gasteiger partial charge in [0.05, 0.1) is 0 Å². The molecule has 1 N–H and O–H groups in total. The monoisotopic (exact) mass is 535 g/mol. The smallest absolute Gasteiger partial charge is 0.207 e. The van der Waals surface area contributed by atoms with Crippen molar-refractivity contribution in [1.29, 1.82) is 0 Å². The fourth-order valence-electron chi connectivity index (χ4n) is 3.47. The number of aromatic hydroxyl groups is 1. The minimum absolute atomic E-state index is 0. The maximum atomic E-state index is 14.5. The van der Waals surface area contributed by atoms with Crippen molar-refractivity contribution in [2.24, 2.45) is 4.99 Å². The standard InChI is InChI=1S/C28H29F4NO2.Ti/c1-15-21(29)23(31)24(32)26(22(15)30)35-20-11-9-8-10-19(20)33-14-16-12-17(27(2,3)4)13-18(25(16)34)28(5,6)7;/h8-14,34H,1-7H3;. The molecule has 3 rings (SSSR count). The molecule has 0 heterocycles. The van der Waals surface area contributed by atoms with Gasteiger partial charge in [-0.05, 0) is 41.5 Å². The zero-order valence-corrected chi connectivity index (χ0v) is 22.9. The molecular formula is C28H29F4NO2Ti. The number of halogens is 4. The number of phenolic OH excluding ortho intramolecular Hbond substituents is 1. The number of phenols is 1. The number of nitrogens with zero attached hydrogens (tertiary/aromatic N) is 1. The molecule has 0 spiro atoms. The zero-order chi connectivity index (χ0) is 26.3. The molecule has 0 fully saturated rings. The van der Waals surface area contributed by atoms with Crippen molar-refractivity contribution in [2.45, 2.75) is 59.3 Å². The van der Waals surface area contributed by atoms with Crippen molar-refractivity contribution in [3.63, 3.8) is 0 Å². The normalized spacial score (nSPS) is 12.1. The summed E-state index contributed by atoms with van der Waals surface area (Å²) in [7, 11) is 0. The van der Waals surface area contributed by atoms with Crippen molar-refractivity contribution in [2.75, 3.05) is 0 Å². The number of hydrogen-bond acceptors (Lipinski definition) is 3. The van der Waals surface area contributed by atoms with Gasteiger partial charge >= 0.3 is 0 Å². The maximum absolute atomic E-state index is 14.5. The first-order valence-corrected chi connectivity index (χ1v) is 11.1. The molecule has 0 atom stereocenters. The maximum Gasteiger partial charge on any atom is 0.207 e. The summed E-state index contributed by atoms with van der Waals surface area (Å²) in [4.78, 5) is 4.38. The van der Waals surface area contributed by atoms with Gasteiger partial charge in [-0.15, -0.1) is 0 Å². The predicted octanol–water partition coefficient (Wildman–Crippen LogP) is 8.39. The van der Waals surface area contributed by atoms with Crippen LogP contribution in [0, 0.1) is 30.2 Å². The summed E-state index contributed by atoms with van der Waals surface area (Å²) in [5.74, 6) is -7.60. The van der Waals surface area contributed by atoms with Crippen LogP contribution in [0.1, 0.15) is 63.8 Å². The Hall–Kier alpha value is -2.64. The Balaban J connectivity index is 0.00000456. The first-order valence-electron chi connectivity index (χ1n) is 11.1. The van der Waals surface area contributed by atoms with Crippen LogP contribution in [0.4, 0.5) is 23.2 Å². The van der Waals surface area contributed by atoms with Gasteiger partial charge in [-0.2, -0.15) is 4.39 Å². The summed E-state index contributed by atoms with van der Waals surface area (Å²) in [6, 6.07) is 9.91. The molecule has 0 radical (unpaired) electrons. The molecule has 0 saturated carbocycles. The van der Waals surface area contributed by atoms with E-state index in [-0.39, 0.29) is 49.7 Å². The third-order valence-corrected chi connectivity index (χ3v) is 5.68.